The van der Waals surface area contributed by atoms with Gasteiger partial charge < -0.3 is 0 Å². The molecule has 4 rings (SSSR count). The smallest absolute Gasteiger partial charge is 0.266 e. The summed E-state index contributed by atoms with van der Waals surface area (Å²) < 4.78 is 1.80. The molecule has 0 saturated carbocycles. The maximum atomic E-state index is 13.1. The zero-order valence-corrected chi connectivity index (χ0v) is 18.7. The Hall–Kier alpha value is -2.95. The van der Waals surface area contributed by atoms with E-state index in [9.17, 15) is 14.9 Å². The summed E-state index contributed by atoms with van der Waals surface area (Å²) in [7, 11) is 0. The van der Waals surface area contributed by atoms with E-state index in [0.29, 0.717) is 15.6 Å². The number of rotatable bonds is 5. The van der Waals surface area contributed by atoms with Crippen molar-refractivity contribution < 1.29 is 9.72 Å². The number of anilines is 1. The SMILES string of the molecule is Cc1ccc2nc(N(/N=C/c3ccc([N+](=O)[O-])cc3)C(=O)c3ccc(Br)s3)sc2c1. The lowest BCUT2D eigenvalue weighted by Gasteiger charge is -2.12. The van der Waals surface area contributed by atoms with E-state index in [-0.39, 0.29) is 11.6 Å². The van der Waals surface area contributed by atoms with Gasteiger partial charge in [0.15, 0.2) is 0 Å². The van der Waals surface area contributed by atoms with Crippen LogP contribution in [0, 0.1) is 17.0 Å². The van der Waals surface area contributed by atoms with Crippen molar-refractivity contribution in [3.8, 4) is 0 Å². The molecule has 30 heavy (non-hydrogen) atoms. The minimum Gasteiger partial charge on any atom is -0.266 e. The van der Waals surface area contributed by atoms with Crippen LogP contribution in [-0.4, -0.2) is 22.0 Å². The van der Waals surface area contributed by atoms with Gasteiger partial charge >= 0.3 is 0 Å². The van der Waals surface area contributed by atoms with Crippen molar-refractivity contribution in [3.05, 3.63) is 84.5 Å². The minimum atomic E-state index is -0.464. The van der Waals surface area contributed by atoms with Gasteiger partial charge in [0, 0.05) is 12.1 Å². The van der Waals surface area contributed by atoms with Crippen molar-refractivity contribution in [3.63, 3.8) is 0 Å². The molecule has 10 heteroatoms. The van der Waals surface area contributed by atoms with E-state index < -0.39 is 4.92 Å². The van der Waals surface area contributed by atoms with Crippen LogP contribution in [0.25, 0.3) is 10.2 Å². The number of nitro benzene ring substituents is 1. The zero-order valence-electron chi connectivity index (χ0n) is 15.5. The van der Waals surface area contributed by atoms with Crippen LogP contribution in [0.2, 0.25) is 0 Å². The molecular formula is C20H13BrN4O3S2. The van der Waals surface area contributed by atoms with Crippen molar-refractivity contribution in [2.24, 2.45) is 5.10 Å². The van der Waals surface area contributed by atoms with Crippen molar-refractivity contribution in [1.82, 2.24) is 4.98 Å². The third-order valence-electron chi connectivity index (χ3n) is 4.12. The van der Waals surface area contributed by atoms with Gasteiger partial charge in [-0.25, -0.2) is 4.98 Å². The molecule has 0 fully saturated rings. The number of fused-ring (bicyclic) bond motifs is 1. The van der Waals surface area contributed by atoms with Crippen LogP contribution in [0.15, 0.2) is 63.5 Å². The molecule has 0 saturated heterocycles. The average molecular weight is 501 g/mol. The van der Waals surface area contributed by atoms with Gasteiger partial charge in [0.2, 0.25) is 5.13 Å². The number of aryl methyl sites for hydroxylation is 1. The first-order valence-electron chi connectivity index (χ1n) is 8.66. The molecule has 2 aromatic heterocycles. The van der Waals surface area contributed by atoms with Gasteiger partial charge in [-0.1, -0.05) is 17.4 Å². The number of carbonyl (C=O) groups is 1. The Morgan fingerprint density at radius 1 is 1.17 bits per heavy atom. The lowest BCUT2D eigenvalue weighted by atomic mass is 10.2. The Bertz CT molecular complexity index is 1280. The first-order chi connectivity index (χ1) is 14.4. The summed E-state index contributed by atoms with van der Waals surface area (Å²) in [6.07, 6.45) is 1.49. The number of nitro groups is 1. The standard InChI is InChI=1S/C20H13BrN4O3S2/c1-12-2-7-15-17(10-12)30-20(23-15)24(19(26)16-8-9-18(21)29-16)22-11-13-3-5-14(6-4-13)25(27)28/h2-11H,1H3/b22-11+. The highest BCUT2D eigenvalue weighted by atomic mass is 79.9. The molecule has 0 unspecified atom stereocenters. The van der Waals surface area contributed by atoms with Crippen LogP contribution in [0.3, 0.4) is 0 Å². The molecule has 150 valence electrons. The van der Waals surface area contributed by atoms with E-state index in [1.54, 1.807) is 24.3 Å². The second-order valence-corrected chi connectivity index (χ2v) is 9.75. The molecule has 4 aromatic rings. The monoisotopic (exact) mass is 500 g/mol. The predicted octanol–water partition coefficient (Wildman–Crippen LogP) is 6.02. The normalized spacial score (nSPS) is 11.3. The van der Waals surface area contributed by atoms with Gasteiger partial charge in [-0.15, -0.1) is 11.3 Å². The van der Waals surface area contributed by atoms with Gasteiger partial charge in [0.1, 0.15) is 0 Å². The van der Waals surface area contributed by atoms with Gasteiger partial charge in [0.25, 0.3) is 11.6 Å². The number of halogens is 1. The Labute approximate surface area is 187 Å². The second kappa shape index (κ2) is 8.42. The van der Waals surface area contributed by atoms with Crippen LogP contribution >= 0.6 is 38.6 Å². The zero-order chi connectivity index (χ0) is 21.3. The summed E-state index contributed by atoms with van der Waals surface area (Å²) in [6, 6.07) is 15.4. The van der Waals surface area contributed by atoms with E-state index in [2.05, 4.69) is 26.0 Å². The first-order valence-corrected chi connectivity index (χ1v) is 11.1. The number of thiophene rings is 1. The first kappa shape index (κ1) is 20.3. The summed E-state index contributed by atoms with van der Waals surface area (Å²) in [6.45, 7) is 2.00. The van der Waals surface area contributed by atoms with E-state index in [1.165, 1.54) is 46.0 Å². The highest BCUT2D eigenvalue weighted by Crippen LogP contribution is 2.32. The van der Waals surface area contributed by atoms with E-state index in [4.69, 9.17) is 0 Å². The number of hydrogen-bond donors (Lipinski definition) is 0. The Balaban J connectivity index is 1.72. The molecule has 0 spiro atoms. The van der Waals surface area contributed by atoms with Gasteiger partial charge in [-0.3, -0.25) is 14.9 Å². The average Bonchev–Trinajstić information content (AvgIpc) is 3.34. The maximum Gasteiger partial charge on any atom is 0.290 e. The molecular weight excluding hydrogens is 488 g/mol. The van der Waals surface area contributed by atoms with Crippen LogP contribution in [-0.2, 0) is 0 Å². The number of hydrogen-bond acceptors (Lipinski definition) is 7. The molecule has 7 nitrogen and oxygen atoms in total. The van der Waals surface area contributed by atoms with Crippen molar-refractivity contribution in [2.75, 3.05) is 5.01 Å². The van der Waals surface area contributed by atoms with Crippen LogP contribution < -0.4 is 5.01 Å². The number of nitrogens with zero attached hydrogens (tertiary/aromatic N) is 4. The second-order valence-electron chi connectivity index (χ2n) is 6.28. The molecule has 0 aliphatic heterocycles. The van der Waals surface area contributed by atoms with Gasteiger partial charge in [0.05, 0.1) is 30.0 Å². The van der Waals surface area contributed by atoms with Crippen molar-refractivity contribution >= 4 is 71.8 Å². The fourth-order valence-electron chi connectivity index (χ4n) is 2.64. The van der Waals surface area contributed by atoms with Crippen molar-refractivity contribution in [2.45, 2.75) is 6.92 Å². The number of carbonyl (C=O) groups excluding carboxylic acids is 1. The summed E-state index contributed by atoms with van der Waals surface area (Å²) in [5.41, 5.74) is 2.51. The summed E-state index contributed by atoms with van der Waals surface area (Å²) in [4.78, 5) is 28.6. The van der Waals surface area contributed by atoms with Crippen molar-refractivity contribution in [1.29, 1.82) is 0 Å². The maximum absolute atomic E-state index is 13.1. The number of amides is 1. The molecule has 1 amide bonds. The van der Waals surface area contributed by atoms with Crippen LogP contribution in [0.4, 0.5) is 10.8 Å². The Morgan fingerprint density at radius 2 is 1.93 bits per heavy atom. The minimum absolute atomic E-state index is 0.00920. The number of non-ortho nitro benzene ring substituents is 1. The molecule has 0 atom stereocenters. The molecule has 0 N–H and O–H groups in total. The number of hydrazone groups is 1. The molecule has 0 bridgehead atoms. The Kier molecular flexibility index (Phi) is 5.71. The lowest BCUT2D eigenvalue weighted by Crippen LogP contribution is -2.24. The summed E-state index contributed by atoms with van der Waals surface area (Å²) in [5.74, 6) is -0.306. The third-order valence-corrected chi connectivity index (χ3v) is 6.72. The largest absolute Gasteiger partial charge is 0.290 e. The van der Waals surface area contributed by atoms with Gasteiger partial charge in [-0.05, 0) is 70.4 Å². The van der Waals surface area contributed by atoms with E-state index in [0.717, 1.165) is 19.6 Å². The third kappa shape index (κ3) is 4.30. The van der Waals surface area contributed by atoms with Gasteiger partial charge in [-0.2, -0.15) is 10.1 Å². The molecule has 0 aliphatic rings. The summed E-state index contributed by atoms with van der Waals surface area (Å²) in [5, 5.41) is 16.9. The highest BCUT2D eigenvalue weighted by molar-refractivity contribution is 9.11. The topological polar surface area (TPSA) is 88.7 Å². The number of aromatic nitrogens is 1. The lowest BCUT2D eigenvalue weighted by molar-refractivity contribution is -0.384. The molecule has 0 aliphatic carbocycles. The predicted molar refractivity (Wildman–Crippen MR) is 124 cm³/mol. The van der Waals surface area contributed by atoms with E-state index in [1.807, 2.05) is 25.1 Å². The molecule has 2 aromatic carbocycles. The number of benzene rings is 2. The summed E-state index contributed by atoms with van der Waals surface area (Å²) >= 11 is 6.06. The highest BCUT2D eigenvalue weighted by Gasteiger charge is 2.22. The fraction of sp³-hybridized carbons (Fsp3) is 0.0500. The van der Waals surface area contributed by atoms with Crippen LogP contribution in [0.1, 0.15) is 20.8 Å². The molecule has 2 heterocycles. The fourth-order valence-corrected chi connectivity index (χ4v) is 4.97. The quantitative estimate of drug-likeness (QED) is 0.190. The molecule has 0 radical (unpaired) electrons. The van der Waals surface area contributed by atoms with E-state index >= 15 is 0 Å². The van der Waals surface area contributed by atoms with Crippen LogP contribution in [0.5, 0.6) is 0 Å². The Morgan fingerprint density at radius 3 is 2.60 bits per heavy atom. The number of thiazole rings is 1.